The molecule has 0 aliphatic rings. The van der Waals surface area contributed by atoms with E-state index in [0.29, 0.717) is 11.6 Å². The van der Waals surface area contributed by atoms with E-state index in [0.717, 1.165) is 39.8 Å². The molecule has 0 radical (unpaired) electrons. The van der Waals surface area contributed by atoms with Crippen LogP contribution < -0.4 is 5.32 Å². The predicted molar refractivity (Wildman–Crippen MR) is 83.3 cm³/mol. The molecule has 0 saturated carbocycles. The summed E-state index contributed by atoms with van der Waals surface area (Å²) in [5.74, 6) is 2.06. The zero-order valence-corrected chi connectivity index (χ0v) is 14.0. The first-order chi connectivity index (χ1) is 9.17. The molecule has 2 heterocycles. The monoisotopic (exact) mass is 387 g/mol. The Morgan fingerprint density at radius 2 is 2.05 bits per heavy atom. The summed E-state index contributed by atoms with van der Waals surface area (Å²) < 4.78 is 7.24. The maximum Gasteiger partial charge on any atom is 0.199 e. The van der Waals surface area contributed by atoms with Crippen molar-refractivity contribution in [2.24, 2.45) is 0 Å². The van der Waals surface area contributed by atoms with Crippen molar-refractivity contribution in [3.05, 3.63) is 27.0 Å². The molecule has 2 aromatic rings. The lowest BCUT2D eigenvalue weighted by Crippen LogP contribution is -2.06. The fourth-order valence-corrected chi connectivity index (χ4v) is 2.63. The minimum absolute atomic E-state index is 0.597. The second-order valence-electron chi connectivity index (χ2n) is 4.03. The van der Waals surface area contributed by atoms with Crippen LogP contribution in [0.4, 0.5) is 5.82 Å². The van der Waals surface area contributed by atoms with Gasteiger partial charge in [-0.25, -0.2) is 9.97 Å². The van der Waals surface area contributed by atoms with Crippen LogP contribution in [0.3, 0.4) is 0 Å². The number of nitrogens with one attached hydrogen (secondary N) is 1. The van der Waals surface area contributed by atoms with Crippen LogP contribution in [-0.2, 0) is 6.42 Å². The van der Waals surface area contributed by atoms with Crippen molar-refractivity contribution in [2.75, 3.05) is 11.9 Å². The number of hydrogen-bond donors (Lipinski definition) is 1. The lowest BCUT2D eigenvalue weighted by molar-refractivity contribution is 0.575. The third-order valence-electron chi connectivity index (χ3n) is 2.57. The minimum Gasteiger partial charge on any atom is -0.460 e. The normalized spacial score (nSPS) is 10.7. The Labute approximate surface area is 129 Å². The third kappa shape index (κ3) is 3.17. The van der Waals surface area contributed by atoms with Crippen LogP contribution >= 0.6 is 31.9 Å². The molecule has 0 aliphatic heterocycles. The van der Waals surface area contributed by atoms with E-state index in [1.165, 1.54) is 0 Å². The highest BCUT2D eigenvalue weighted by Crippen LogP contribution is 2.31. The average molecular weight is 389 g/mol. The summed E-state index contributed by atoms with van der Waals surface area (Å²) in [6.45, 7) is 4.97. The van der Waals surface area contributed by atoms with Gasteiger partial charge in [0.15, 0.2) is 11.6 Å². The summed E-state index contributed by atoms with van der Waals surface area (Å²) in [5.41, 5.74) is 0.992. The number of aryl methyl sites for hydroxylation is 1. The van der Waals surface area contributed by atoms with Crippen molar-refractivity contribution in [1.82, 2.24) is 9.97 Å². The van der Waals surface area contributed by atoms with Gasteiger partial charge in [0.2, 0.25) is 0 Å². The summed E-state index contributed by atoms with van der Waals surface area (Å²) in [6, 6.07) is 1.84. The third-order valence-corrected chi connectivity index (χ3v) is 4.03. The van der Waals surface area contributed by atoms with Gasteiger partial charge in [0.05, 0.1) is 20.9 Å². The fraction of sp³-hybridized carbons (Fsp3) is 0.385. The quantitative estimate of drug-likeness (QED) is 0.810. The molecule has 6 heteroatoms. The van der Waals surface area contributed by atoms with E-state index >= 15 is 0 Å². The first-order valence-electron chi connectivity index (χ1n) is 6.21. The molecule has 0 atom stereocenters. The van der Waals surface area contributed by atoms with Gasteiger partial charge in [-0.15, -0.1) is 0 Å². The van der Waals surface area contributed by atoms with Gasteiger partial charge in [-0.2, -0.15) is 0 Å². The zero-order chi connectivity index (χ0) is 13.8. The molecule has 0 bridgehead atoms. The van der Waals surface area contributed by atoms with Crippen molar-refractivity contribution in [3.8, 4) is 11.6 Å². The Morgan fingerprint density at radius 3 is 2.63 bits per heavy atom. The molecule has 1 N–H and O–H groups in total. The number of furan rings is 1. The molecule has 2 aromatic heterocycles. The summed E-state index contributed by atoms with van der Waals surface area (Å²) in [7, 11) is 0. The highest BCUT2D eigenvalue weighted by atomic mass is 79.9. The smallest absolute Gasteiger partial charge is 0.199 e. The Morgan fingerprint density at radius 1 is 1.26 bits per heavy atom. The van der Waals surface area contributed by atoms with Crippen LogP contribution in [0, 0.1) is 0 Å². The molecule has 4 nitrogen and oxygen atoms in total. The van der Waals surface area contributed by atoms with Gasteiger partial charge >= 0.3 is 0 Å². The van der Waals surface area contributed by atoms with Crippen molar-refractivity contribution in [3.63, 3.8) is 0 Å². The van der Waals surface area contributed by atoms with Crippen LogP contribution in [0.1, 0.15) is 26.0 Å². The number of anilines is 1. The first kappa shape index (κ1) is 14.5. The summed E-state index contributed by atoms with van der Waals surface area (Å²) in [4.78, 5) is 9.10. The maximum absolute atomic E-state index is 5.44. The number of hydrogen-bond acceptors (Lipinski definition) is 4. The fourth-order valence-electron chi connectivity index (χ4n) is 1.74. The van der Waals surface area contributed by atoms with E-state index in [-0.39, 0.29) is 0 Å². The molecule has 0 fully saturated rings. The minimum atomic E-state index is 0.597. The van der Waals surface area contributed by atoms with E-state index in [1.807, 2.05) is 13.0 Å². The molecule has 0 unspecified atom stereocenters. The second-order valence-corrected chi connectivity index (χ2v) is 5.68. The number of nitrogens with zero attached hydrogens (tertiary/aromatic N) is 2. The van der Waals surface area contributed by atoms with Crippen molar-refractivity contribution in [1.29, 1.82) is 0 Å². The van der Waals surface area contributed by atoms with E-state index in [4.69, 9.17) is 4.42 Å². The molecule has 102 valence electrons. The van der Waals surface area contributed by atoms with E-state index in [9.17, 15) is 0 Å². The van der Waals surface area contributed by atoms with Crippen molar-refractivity contribution < 1.29 is 4.42 Å². The Hall–Kier alpha value is -0.880. The maximum atomic E-state index is 5.44. The molecule has 0 spiro atoms. The van der Waals surface area contributed by atoms with E-state index < -0.39 is 0 Å². The Bertz CT molecular complexity index is 542. The van der Waals surface area contributed by atoms with Crippen LogP contribution in [0.15, 0.2) is 25.7 Å². The standard InChI is InChI=1S/C13H15Br2N3O/c1-3-5-9-10(15)12(16-4-2)18-13(17-9)11-8(14)6-7-19-11/h6-7H,3-5H2,1-2H3,(H,16,17,18). The van der Waals surface area contributed by atoms with Gasteiger partial charge in [0.25, 0.3) is 0 Å². The highest BCUT2D eigenvalue weighted by molar-refractivity contribution is 9.11. The van der Waals surface area contributed by atoms with Crippen LogP contribution in [0.2, 0.25) is 0 Å². The lowest BCUT2D eigenvalue weighted by atomic mass is 10.2. The van der Waals surface area contributed by atoms with Crippen LogP contribution in [0.25, 0.3) is 11.6 Å². The van der Waals surface area contributed by atoms with Crippen molar-refractivity contribution in [2.45, 2.75) is 26.7 Å². The van der Waals surface area contributed by atoms with Gasteiger partial charge in [0.1, 0.15) is 5.82 Å². The molecule has 2 rings (SSSR count). The van der Waals surface area contributed by atoms with Gasteiger partial charge in [-0.1, -0.05) is 13.3 Å². The highest BCUT2D eigenvalue weighted by Gasteiger charge is 2.16. The van der Waals surface area contributed by atoms with Gasteiger partial charge in [-0.3, -0.25) is 0 Å². The SMILES string of the molecule is CCCc1nc(-c2occc2Br)nc(NCC)c1Br. The molecule has 19 heavy (non-hydrogen) atoms. The molecule has 0 amide bonds. The topological polar surface area (TPSA) is 51.0 Å². The summed E-state index contributed by atoms with van der Waals surface area (Å²) in [5, 5.41) is 3.24. The number of aromatic nitrogens is 2. The van der Waals surface area contributed by atoms with Crippen LogP contribution in [-0.4, -0.2) is 16.5 Å². The molecule has 0 aromatic carbocycles. The second kappa shape index (κ2) is 6.52. The van der Waals surface area contributed by atoms with E-state index in [2.05, 4.69) is 54.1 Å². The zero-order valence-electron chi connectivity index (χ0n) is 10.8. The van der Waals surface area contributed by atoms with E-state index in [1.54, 1.807) is 6.26 Å². The average Bonchev–Trinajstić information content (AvgIpc) is 2.81. The number of rotatable bonds is 5. The largest absolute Gasteiger partial charge is 0.460 e. The Balaban J connectivity index is 2.52. The first-order valence-corrected chi connectivity index (χ1v) is 7.79. The molecule has 0 aliphatic carbocycles. The molecular weight excluding hydrogens is 374 g/mol. The lowest BCUT2D eigenvalue weighted by Gasteiger charge is -2.11. The van der Waals surface area contributed by atoms with Gasteiger partial charge in [0, 0.05) is 6.54 Å². The number of halogens is 2. The van der Waals surface area contributed by atoms with Gasteiger partial charge in [-0.05, 0) is 51.3 Å². The summed E-state index contributed by atoms with van der Waals surface area (Å²) >= 11 is 7.01. The predicted octanol–water partition coefficient (Wildman–Crippen LogP) is 4.65. The summed E-state index contributed by atoms with van der Waals surface area (Å²) in [6.07, 6.45) is 3.55. The van der Waals surface area contributed by atoms with Crippen LogP contribution in [0.5, 0.6) is 0 Å². The van der Waals surface area contributed by atoms with Crippen molar-refractivity contribution >= 4 is 37.7 Å². The Kier molecular flexibility index (Phi) is 4.99. The van der Waals surface area contributed by atoms with Gasteiger partial charge < -0.3 is 9.73 Å². The molecule has 0 saturated heterocycles. The molecular formula is C13H15Br2N3O.